The van der Waals surface area contributed by atoms with E-state index >= 15 is 0 Å². The van der Waals surface area contributed by atoms with Crippen molar-refractivity contribution in [1.29, 1.82) is 5.41 Å². The smallest absolute Gasteiger partial charge is 0.0630 e. The van der Waals surface area contributed by atoms with Crippen LogP contribution in [0.2, 0.25) is 0 Å². The molecule has 94 valence electrons. The van der Waals surface area contributed by atoms with Crippen molar-refractivity contribution in [2.45, 2.75) is 0 Å². The Hall–Kier alpha value is -2.23. The van der Waals surface area contributed by atoms with Gasteiger partial charge in [0.2, 0.25) is 0 Å². The molecule has 0 saturated carbocycles. The van der Waals surface area contributed by atoms with Gasteiger partial charge in [-0.05, 0) is 41.8 Å². The second-order valence-corrected chi connectivity index (χ2v) is 4.02. The summed E-state index contributed by atoms with van der Waals surface area (Å²) in [6.07, 6.45) is 13.7. The molecule has 4 nitrogen and oxygen atoms in total. The molecule has 4 heteroatoms. The average Bonchev–Trinajstić information content (AvgIpc) is 2.46. The van der Waals surface area contributed by atoms with Crippen LogP contribution in [0.15, 0.2) is 59.6 Å². The maximum absolute atomic E-state index is 8.10. The molecular weight excluding hydrogens is 224 g/mol. The zero-order valence-corrected chi connectivity index (χ0v) is 10.5. The zero-order valence-electron chi connectivity index (χ0n) is 10.5. The standard InChI is InChI=1S/C14H18N4/c1-16-14(12-4-8-18-9-5-12)10-13(15)11-2-6-17-7-3-11/h2-6,8,10,15-18H,7,9H2,1H3/b14-10-,15-13?. The topological polar surface area (TPSA) is 59.9 Å². The molecule has 0 unspecified atom stereocenters. The Balaban J connectivity index is 2.16. The first-order valence-electron chi connectivity index (χ1n) is 6.00. The molecular formula is C14H18N4. The summed E-state index contributed by atoms with van der Waals surface area (Å²) in [4.78, 5) is 0. The minimum Gasteiger partial charge on any atom is -0.388 e. The third-order valence-corrected chi connectivity index (χ3v) is 2.82. The summed E-state index contributed by atoms with van der Waals surface area (Å²) in [5, 5.41) is 17.4. The van der Waals surface area contributed by atoms with Crippen LogP contribution in [0.4, 0.5) is 0 Å². The second kappa shape index (κ2) is 5.91. The van der Waals surface area contributed by atoms with Gasteiger partial charge in [0.15, 0.2) is 0 Å². The number of dihydropyridines is 2. The minimum absolute atomic E-state index is 0.518. The molecule has 0 spiro atoms. The first kappa shape index (κ1) is 12.2. The molecule has 0 bridgehead atoms. The van der Waals surface area contributed by atoms with Gasteiger partial charge in [0, 0.05) is 25.8 Å². The molecule has 0 aromatic rings. The lowest BCUT2D eigenvalue weighted by Gasteiger charge is -2.13. The first-order chi connectivity index (χ1) is 8.81. The number of nitrogens with one attached hydrogen (secondary N) is 4. The van der Waals surface area contributed by atoms with Gasteiger partial charge >= 0.3 is 0 Å². The molecule has 2 rings (SSSR count). The molecule has 2 heterocycles. The molecule has 4 N–H and O–H groups in total. The molecule has 0 aliphatic carbocycles. The lowest BCUT2D eigenvalue weighted by atomic mass is 10.0. The number of allylic oxidation sites excluding steroid dienone is 4. The van der Waals surface area contributed by atoms with E-state index in [-0.39, 0.29) is 0 Å². The number of hydrogen-bond donors (Lipinski definition) is 4. The van der Waals surface area contributed by atoms with Crippen LogP contribution in [0, 0.1) is 5.41 Å². The zero-order chi connectivity index (χ0) is 12.8. The van der Waals surface area contributed by atoms with Crippen molar-refractivity contribution in [3.05, 3.63) is 59.6 Å². The Morgan fingerprint density at radius 3 is 2.28 bits per heavy atom. The van der Waals surface area contributed by atoms with Crippen molar-refractivity contribution in [3.8, 4) is 0 Å². The largest absolute Gasteiger partial charge is 0.388 e. The molecule has 0 amide bonds. The fourth-order valence-electron chi connectivity index (χ4n) is 1.83. The van der Waals surface area contributed by atoms with Crippen LogP contribution < -0.4 is 16.0 Å². The van der Waals surface area contributed by atoms with Crippen molar-refractivity contribution in [2.24, 2.45) is 0 Å². The molecule has 0 fully saturated rings. The van der Waals surface area contributed by atoms with E-state index in [1.54, 1.807) is 0 Å². The summed E-state index contributed by atoms with van der Waals surface area (Å²) in [5.41, 5.74) is 3.54. The Morgan fingerprint density at radius 1 is 1.17 bits per heavy atom. The van der Waals surface area contributed by atoms with Crippen molar-refractivity contribution < 1.29 is 0 Å². The van der Waals surface area contributed by atoms with E-state index in [1.807, 2.05) is 43.8 Å². The summed E-state index contributed by atoms with van der Waals surface area (Å²) in [6, 6.07) is 0. The van der Waals surface area contributed by atoms with Crippen LogP contribution in [-0.2, 0) is 0 Å². The van der Waals surface area contributed by atoms with Gasteiger partial charge in [0.1, 0.15) is 0 Å². The summed E-state index contributed by atoms with van der Waals surface area (Å²) in [6.45, 7) is 1.61. The van der Waals surface area contributed by atoms with E-state index in [0.717, 1.165) is 29.9 Å². The third-order valence-electron chi connectivity index (χ3n) is 2.82. The molecule has 0 saturated heterocycles. The summed E-state index contributed by atoms with van der Waals surface area (Å²) < 4.78 is 0. The Morgan fingerprint density at radius 2 is 1.78 bits per heavy atom. The molecule has 2 aliphatic heterocycles. The Bertz CT molecular complexity index is 478. The van der Waals surface area contributed by atoms with Gasteiger partial charge in [0.05, 0.1) is 5.71 Å². The van der Waals surface area contributed by atoms with Gasteiger partial charge in [-0.2, -0.15) is 0 Å². The SMILES string of the molecule is CN/C(=C\C(=N)C1=CCNC=C1)C1=CCNC=C1. The molecule has 2 aliphatic rings. The van der Waals surface area contributed by atoms with Crippen LogP contribution in [0.5, 0.6) is 0 Å². The Kier molecular flexibility index (Phi) is 4.02. The number of hydrogen-bond acceptors (Lipinski definition) is 4. The van der Waals surface area contributed by atoms with Crippen molar-refractivity contribution in [3.63, 3.8) is 0 Å². The molecule has 18 heavy (non-hydrogen) atoms. The average molecular weight is 242 g/mol. The lowest BCUT2D eigenvalue weighted by molar-refractivity contribution is 0.936. The quantitative estimate of drug-likeness (QED) is 0.560. The Labute approximate surface area is 107 Å². The van der Waals surface area contributed by atoms with Crippen molar-refractivity contribution in [2.75, 3.05) is 20.1 Å². The van der Waals surface area contributed by atoms with Gasteiger partial charge in [-0.1, -0.05) is 12.2 Å². The van der Waals surface area contributed by atoms with Crippen molar-refractivity contribution in [1.82, 2.24) is 16.0 Å². The highest BCUT2D eigenvalue weighted by Crippen LogP contribution is 2.12. The van der Waals surface area contributed by atoms with Crippen LogP contribution in [0.3, 0.4) is 0 Å². The summed E-state index contributed by atoms with van der Waals surface area (Å²) in [7, 11) is 1.88. The van der Waals surface area contributed by atoms with Crippen LogP contribution in [0.1, 0.15) is 0 Å². The third kappa shape index (κ3) is 2.91. The summed E-state index contributed by atoms with van der Waals surface area (Å²) in [5.74, 6) is 0. The molecule has 0 atom stereocenters. The number of rotatable bonds is 4. The monoisotopic (exact) mass is 242 g/mol. The molecule has 0 aromatic heterocycles. The lowest BCUT2D eigenvalue weighted by Crippen LogP contribution is -2.17. The van der Waals surface area contributed by atoms with Gasteiger partial charge < -0.3 is 21.4 Å². The molecule has 0 radical (unpaired) electrons. The highest BCUT2D eigenvalue weighted by atomic mass is 14.9. The van der Waals surface area contributed by atoms with Gasteiger partial charge in [0.25, 0.3) is 0 Å². The van der Waals surface area contributed by atoms with Crippen molar-refractivity contribution >= 4 is 5.71 Å². The van der Waals surface area contributed by atoms with E-state index in [4.69, 9.17) is 5.41 Å². The number of likely N-dealkylation sites (N-methyl/N-ethyl adjacent to an activating group) is 1. The highest BCUT2D eigenvalue weighted by molar-refractivity contribution is 6.09. The van der Waals surface area contributed by atoms with E-state index in [2.05, 4.69) is 22.0 Å². The fourth-order valence-corrected chi connectivity index (χ4v) is 1.83. The summed E-state index contributed by atoms with van der Waals surface area (Å²) >= 11 is 0. The normalized spacial score (nSPS) is 18.4. The second-order valence-electron chi connectivity index (χ2n) is 4.02. The minimum atomic E-state index is 0.518. The predicted molar refractivity (Wildman–Crippen MR) is 75.3 cm³/mol. The van der Waals surface area contributed by atoms with Gasteiger partial charge in [-0.25, -0.2) is 0 Å². The predicted octanol–water partition coefficient (Wildman–Crippen LogP) is 1.20. The van der Waals surface area contributed by atoms with Crippen LogP contribution in [-0.4, -0.2) is 25.8 Å². The first-order valence-corrected chi connectivity index (χ1v) is 6.00. The maximum Gasteiger partial charge on any atom is 0.0630 e. The van der Waals surface area contributed by atoms with E-state index < -0.39 is 0 Å². The van der Waals surface area contributed by atoms with E-state index in [9.17, 15) is 0 Å². The highest BCUT2D eigenvalue weighted by Gasteiger charge is 2.06. The van der Waals surface area contributed by atoms with E-state index in [0.29, 0.717) is 5.71 Å². The van der Waals surface area contributed by atoms with Crippen LogP contribution >= 0.6 is 0 Å². The fraction of sp³-hybridized carbons (Fsp3) is 0.214. The van der Waals surface area contributed by atoms with Gasteiger partial charge in [-0.3, -0.25) is 0 Å². The van der Waals surface area contributed by atoms with Crippen LogP contribution in [0.25, 0.3) is 0 Å². The van der Waals surface area contributed by atoms with Gasteiger partial charge in [-0.15, -0.1) is 0 Å². The maximum atomic E-state index is 8.10. The van der Waals surface area contributed by atoms with E-state index in [1.165, 1.54) is 0 Å². The molecule has 0 aromatic carbocycles.